The van der Waals surface area contributed by atoms with Gasteiger partial charge in [0.2, 0.25) is 0 Å². The lowest BCUT2D eigenvalue weighted by Crippen LogP contribution is -2.32. The molecule has 4 heterocycles. The number of imidazole rings is 1. The highest BCUT2D eigenvalue weighted by Crippen LogP contribution is 2.25. The van der Waals surface area contributed by atoms with Crippen LogP contribution in [0.2, 0.25) is 0 Å². The highest BCUT2D eigenvalue weighted by molar-refractivity contribution is 5.95. The van der Waals surface area contributed by atoms with E-state index in [1.54, 1.807) is 12.4 Å². The summed E-state index contributed by atoms with van der Waals surface area (Å²) in [6, 6.07) is 14.3. The van der Waals surface area contributed by atoms with Crippen molar-refractivity contribution in [2.24, 2.45) is 5.92 Å². The monoisotopic (exact) mass is 453 g/mol. The molecule has 0 saturated carbocycles. The Morgan fingerprint density at radius 1 is 1.06 bits per heavy atom. The molecule has 0 radical (unpaired) electrons. The predicted octanol–water partition coefficient (Wildman–Crippen LogP) is 5.13. The van der Waals surface area contributed by atoms with Gasteiger partial charge in [-0.25, -0.2) is 4.98 Å². The van der Waals surface area contributed by atoms with Gasteiger partial charge >= 0.3 is 0 Å². The van der Waals surface area contributed by atoms with Crippen molar-refractivity contribution in [3.63, 3.8) is 0 Å². The lowest BCUT2D eigenvalue weighted by Gasteiger charge is -2.22. The largest absolute Gasteiger partial charge is 0.381 e. The molecule has 1 N–H and O–H groups in total. The quantitative estimate of drug-likeness (QED) is 0.439. The molecule has 174 valence electrons. The standard InChI is InChI=1S/C28H31N5O/c1-21-6-7-25(19-26(21)31-20-23-8-11-29-12-9-23)28(34)33-15-2-4-22(10-16-33)18-24-5-3-14-32-17-13-30-27(24)32/h3,5-9,11-14,17,19,22,31H,2,4,10,15-16,18,20H2,1H3. The topological polar surface area (TPSA) is 62.5 Å². The molecule has 0 aliphatic carbocycles. The average molecular weight is 454 g/mol. The summed E-state index contributed by atoms with van der Waals surface area (Å²) >= 11 is 0. The number of anilines is 1. The van der Waals surface area contributed by atoms with Crippen LogP contribution in [0, 0.1) is 12.8 Å². The molecule has 34 heavy (non-hydrogen) atoms. The second-order valence-corrected chi connectivity index (χ2v) is 9.22. The Morgan fingerprint density at radius 2 is 1.94 bits per heavy atom. The first-order chi connectivity index (χ1) is 16.7. The van der Waals surface area contributed by atoms with Gasteiger partial charge in [0.25, 0.3) is 5.91 Å². The highest BCUT2D eigenvalue weighted by atomic mass is 16.2. The third-order valence-electron chi connectivity index (χ3n) is 6.86. The summed E-state index contributed by atoms with van der Waals surface area (Å²) in [6.45, 7) is 4.39. The molecule has 1 aliphatic rings. The summed E-state index contributed by atoms with van der Waals surface area (Å²) in [4.78, 5) is 24.0. The van der Waals surface area contributed by atoms with Crippen LogP contribution < -0.4 is 5.32 Å². The summed E-state index contributed by atoms with van der Waals surface area (Å²) in [5, 5.41) is 3.48. The van der Waals surface area contributed by atoms with E-state index in [4.69, 9.17) is 0 Å². The van der Waals surface area contributed by atoms with Gasteiger partial charge < -0.3 is 14.6 Å². The number of hydrogen-bond donors (Lipinski definition) is 1. The normalized spacial score (nSPS) is 16.4. The molecule has 1 amide bonds. The molecule has 0 spiro atoms. The van der Waals surface area contributed by atoms with Crippen molar-refractivity contribution in [3.8, 4) is 0 Å². The van der Waals surface area contributed by atoms with Crippen LogP contribution in [0.1, 0.15) is 46.3 Å². The van der Waals surface area contributed by atoms with Crippen LogP contribution in [0.25, 0.3) is 5.65 Å². The van der Waals surface area contributed by atoms with Gasteiger partial charge in [-0.2, -0.15) is 0 Å². The fraction of sp³-hybridized carbons (Fsp3) is 0.321. The zero-order valence-electron chi connectivity index (χ0n) is 19.7. The zero-order chi connectivity index (χ0) is 23.3. The van der Waals surface area contributed by atoms with Gasteiger partial charge in [0, 0.05) is 61.9 Å². The fourth-order valence-electron chi connectivity index (χ4n) is 4.88. The molecule has 1 aliphatic heterocycles. The summed E-state index contributed by atoms with van der Waals surface area (Å²) in [7, 11) is 0. The van der Waals surface area contributed by atoms with Crippen molar-refractivity contribution >= 4 is 17.2 Å². The molecular weight excluding hydrogens is 422 g/mol. The van der Waals surface area contributed by atoms with E-state index in [1.807, 2.05) is 53.8 Å². The molecule has 4 aromatic rings. The molecule has 6 heteroatoms. The number of nitrogens with zero attached hydrogens (tertiary/aromatic N) is 4. The van der Waals surface area contributed by atoms with Gasteiger partial charge in [0.1, 0.15) is 5.65 Å². The molecule has 5 rings (SSSR count). The van der Waals surface area contributed by atoms with Crippen LogP contribution in [0.15, 0.2) is 73.4 Å². The second-order valence-electron chi connectivity index (χ2n) is 9.22. The number of benzene rings is 1. The van der Waals surface area contributed by atoms with E-state index in [9.17, 15) is 4.79 Å². The van der Waals surface area contributed by atoms with Crippen LogP contribution in [0.5, 0.6) is 0 Å². The van der Waals surface area contributed by atoms with E-state index in [1.165, 1.54) is 5.56 Å². The van der Waals surface area contributed by atoms with E-state index >= 15 is 0 Å². The van der Waals surface area contributed by atoms with Crippen LogP contribution in [-0.2, 0) is 13.0 Å². The first-order valence-electron chi connectivity index (χ1n) is 12.1. The summed E-state index contributed by atoms with van der Waals surface area (Å²) in [5.74, 6) is 0.694. The number of nitrogens with one attached hydrogen (secondary N) is 1. The Morgan fingerprint density at radius 3 is 2.82 bits per heavy atom. The number of fused-ring (bicyclic) bond motifs is 1. The number of carbonyl (C=O) groups is 1. The average Bonchev–Trinajstić information content (AvgIpc) is 3.24. The summed E-state index contributed by atoms with van der Waals surface area (Å²) in [5.41, 5.74) is 6.39. The van der Waals surface area contributed by atoms with E-state index in [0.29, 0.717) is 12.5 Å². The van der Waals surface area contributed by atoms with E-state index in [2.05, 4.69) is 38.7 Å². The second kappa shape index (κ2) is 10.1. The third-order valence-corrected chi connectivity index (χ3v) is 6.86. The fourth-order valence-corrected chi connectivity index (χ4v) is 4.88. The van der Waals surface area contributed by atoms with Crippen LogP contribution in [-0.4, -0.2) is 38.3 Å². The number of hydrogen-bond acceptors (Lipinski definition) is 4. The summed E-state index contributed by atoms with van der Waals surface area (Å²) in [6.07, 6.45) is 13.7. The zero-order valence-corrected chi connectivity index (χ0v) is 19.7. The van der Waals surface area contributed by atoms with Gasteiger partial charge in [-0.3, -0.25) is 9.78 Å². The number of likely N-dealkylation sites (tertiary alicyclic amines) is 1. The number of pyridine rings is 2. The van der Waals surface area contributed by atoms with Crippen molar-refractivity contribution in [1.29, 1.82) is 0 Å². The number of carbonyl (C=O) groups excluding carboxylic acids is 1. The van der Waals surface area contributed by atoms with E-state index in [-0.39, 0.29) is 5.91 Å². The number of amides is 1. The van der Waals surface area contributed by atoms with E-state index < -0.39 is 0 Å². The maximum atomic E-state index is 13.4. The smallest absolute Gasteiger partial charge is 0.253 e. The molecule has 0 bridgehead atoms. The van der Waals surface area contributed by atoms with Gasteiger partial charge in [0.05, 0.1) is 0 Å². The van der Waals surface area contributed by atoms with Gasteiger partial charge in [0.15, 0.2) is 0 Å². The molecule has 1 aromatic carbocycles. The number of aromatic nitrogens is 3. The van der Waals surface area contributed by atoms with Gasteiger partial charge in [-0.1, -0.05) is 12.1 Å². The van der Waals surface area contributed by atoms with Crippen LogP contribution >= 0.6 is 0 Å². The molecule has 3 aromatic heterocycles. The van der Waals surface area contributed by atoms with Crippen molar-refractivity contribution in [2.75, 3.05) is 18.4 Å². The van der Waals surface area contributed by atoms with E-state index in [0.717, 1.165) is 66.8 Å². The Hall–Kier alpha value is -3.67. The van der Waals surface area contributed by atoms with Gasteiger partial charge in [-0.15, -0.1) is 0 Å². The first kappa shape index (κ1) is 22.1. The Kier molecular flexibility index (Phi) is 6.56. The minimum atomic E-state index is 0.128. The van der Waals surface area contributed by atoms with Crippen LogP contribution in [0.4, 0.5) is 5.69 Å². The minimum absolute atomic E-state index is 0.128. The van der Waals surface area contributed by atoms with Crippen molar-refractivity contribution in [2.45, 2.75) is 39.2 Å². The first-order valence-corrected chi connectivity index (χ1v) is 12.1. The van der Waals surface area contributed by atoms with Crippen LogP contribution in [0.3, 0.4) is 0 Å². The SMILES string of the molecule is Cc1ccc(C(=O)N2CCCC(Cc3cccn4ccnc34)CC2)cc1NCc1ccncc1. The molecule has 1 fully saturated rings. The maximum Gasteiger partial charge on any atom is 0.253 e. The number of aryl methyl sites for hydroxylation is 1. The van der Waals surface area contributed by atoms with Gasteiger partial charge in [-0.05, 0) is 85.5 Å². The molecule has 1 saturated heterocycles. The maximum absolute atomic E-state index is 13.4. The summed E-state index contributed by atoms with van der Waals surface area (Å²) < 4.78 is 2.08. The highest BCUT2D eigenvalue weighted by Gasteiger charge is 2.23. The minimum Gasteiger partial charge on any atom is -0.381 e. The lowest BCUT2D eigenvalue weighted by atomic mass is 9.93. The molecule has 1 atom stereocenters. The van der Waals surface area contributed by atoms with Crippen molar-refractivity contribution < 1.29 is 4.79 Å². The molecule has 6 nitrogen and oxygen atoms in total. The van der Waals surface area contributed by atoms with Crippen molar-refractivity contribution in [1.82, 2.24) is 19.3 Å². The third kappa shape index (κ3) is 4.96. The Balaban J connectivity index is 1.23. The predicted molar refractivity (Wildman–Crippen MR) is 135 cm³/mol. The molecule has 1 unspecified atom stereocenters. The van der Waals surface area contributed by atoms with Crippen molar-refractivity contribution in [3.05, 3.63) is 95.7 Å². The molecular formula is C28H31N5O. The number of rotatable bonds is 6. The lowest BCUT2D eigenvalue weighted by molar-refractivity contribution is 0.0760. The Bertz CT molecular complexity index is 1270. The Labute approximate surface area is 200 Å².